The zero-order valence-electron chi connectivity index (χ0n) is 23.2. The molecule has 0 aliphatic carbocycles. The lowest BCUT2D eigenvalue weighted by Gasteiger charge is -2.39. The summed E-state index contributed by atoms with van der Waals surface area (Å²) in [6, 6.07) is 2.81. The van der Waals surface area contributed by atoms with Crippen LogP contribution in [0.15, 0.2) is 61.2 Å². The van der Waals surface area contributed by atoms with E-state index in [9.17, 15) is 18.4 Å². The normalized spacial score (nSPS) is 13.8. The molecule has 0 heterocycles. The van der Waals surface area contributed by atoms with Gasteiger partial charge in [0.1, 0.15) is 5.75 Å². The van der Waals surface area contributed by atoms with Gasteiger partial charge < -0.3 is 4.74 Å². The minimum Gasteiger partial charge on any atom is -0.434 e. The molecule has 204 valence electrons. The lowest BCUT2D eigenvalue weighted by molar-refractivity contribution is -0.134. The second-order valence-electron chi connectivity index (χ2n) is 10.3. The van der Waals surface area contributed by atoms with E-state index in [1.54, 1.807) is 37.3 Å². The molecule has 0 saturated carbocycles. The smallest absolute Gasteiger partial charge is 0.387 e. The van der Waals surface area contributed by atoms with Crippen molar-refractivity contribution in [3.63, 3.8) is 0 Å². The van der Waals surface area contributed by atoms with E-state index < -0.39 is 12.5 Å². The molecule has 1 aromatic carbocycles. The summed E-state index contributed by atoms with van der Waals surface area (Å²) in [6.07, 6.45) is 10.3. The molecule has 0 radical (unpaired) electrons. The largest absolute Gasteiger partial charge is 0.434 e. The van der Waals surface area contributed by atoms with Crippen LogP contribution in [0.5, 0.6) is 5.75 Å². The van der Waals surface area contributed by atoms with Gasteiger partial charge in [-0.15, -0.1) is 6.58 Å². The summed E-state index contributed by atoms with van der Waals surface area (Å²) in [5, 5.41) is 1.36. The number of nitrogens with zero attached hydrogens (tertiary/aromatic N) is 1. The summed E-state index contributed by atoms with van der Waals surface area (Å²) >= 11 is 0. The van der Waals surface area contributed by atoms with Crippen molar-refractivity contribution >= 4 is 11.8 Å². The summed E-state index contributed by atoms with van der Waals surface area (Å²) < 4.78 is 31.0. The first-order valence-corrected chi connectivity index (χ1v) is 12.6. The molecule has 37 heavy (non-hydrogen) atoms. The van der Waals surface area contributed by atoms with Crippen LogP contribution >= 0.6 is 0 Å². The number of allylic oxidation sites excluding steroid dienone is 5. The second-order valence-corrected chi connectivity index (χ2v) is 10.3. The molecule has 0 aromatic heterocycles. The van der Waals surface area contributed by atoms with E-state index in [0.29, 0.717) is 18.4 Å². The zero-order chi connectivity index (χ0) is 28.3. The first-order valence-electron chi connectivity index (χ1n) is 12.6. The van der Waals surface area contributed by atoms with E-state index in [1.165, 1.54) is 11.1 Å². The van der Waals surface area contributed by atoms with Crippen LogP contribution < -0.4 is 10.2 Å². The third kappa shape index (κ3) is 9.63. The van der Waals surface area contributed by atoms with Gasteiger partial charge >= 0.3 is 6.61 Å². The average molecular weight is 517 g/mol. The molecule has 1 rings (SSSR count). The van der Waals surface area contributed by atoms with Crippen molar-refractivity contribution in [1.82, 2.24) is 10.4 Å². The Bertz CT molecular complexity index is 1020. The number of hydrazine groups is 1. The highest BCUT2D eigenvalue weighted by atomic mass is 19.3. The fraction of sp³-hybridized carbons (Fsp3) is 0.467. The third-order valence-electron chi connectivity index (χ3n) is 6.03. The Balaban J connectivity index is 3.46. The van der Waals surface area contributed by atoms with E-state index in [4.69, 9.17) is 4.74 Å². The Morgan fingerprint density at radius 2 is 1.86 bits per heavy atom. The van der Waals surface area contributed by atoms with Gasteiger partial charge in [0.25, 0.3) is 11.8 Å². The number of halogens is 2. The molecule has 2 unspecified atom stereocenters. The quantitative estimate of drug-likeness (QED) is 0.137. The molecule has 0 bridgehead atoms. The lowest BCUT2D eigenvalue weighted by Crippen LogP contribution is -2.55. The van der Waals surface area contributed by atoms with E-state index in [2.05, 4.69) is 18.6 Å². The standard InChI is InChI=1S/C30H42F2N2O3/c1-10-13-23-16-17-24(22(6)27(23)37-29(31)32)28(36)33-34(25(14-11-2)30(7,8)9)26(35)18-15-21(5)19-20(4)12-3/h10,12,15-19,21,25,29H,1,3,11,13-14H2,2,4-9H3,(H,33,36)/b18-15+,20-19-. The van der Waals surface area contributed by atoms with Crippen molar-refractivity contribution in [2.75, 3.05) is 0 Å². The van der Waals surface area contributed by atoms with Gasteiger partial charge in [-0.1, -0.05) is 83.6 Å². The maximum atomic E-state index is 13.4. The Morgan fingerprint density at radius 1 is 1.22 bits per heavy atom. The monoisotopic (exact) mass is 516 g/mol. The summed E-state index contributed by atoms with van der Waals surface area (Å²) in [7, 11) is 0. The molecule has 2 atom stereocenters. The number of amides is 2. The molecule has 0 fully saturated rings. The fourth-order valence-corrected chi connectivity index (χ4v) is 4.09. The molecule has 1 aromatic rings. The van der Waals surface area contributed by atoms with E-state index in [-0.39, 0.29) is 40.2 Å². The number of benzene rings is 1. The van der Waals surface area contributed by atoms with Crippen molar-refractivity contribution < 1.29 is 23.1 Å². The summed E-state index contributed by atoms with van der Waals surface area (Å²) in [6.45, 7) is 17.8. The molecular formula is C30H42F2N2O3. The van der Waals surface area contributed by atoms with Crippen LogP contribution in [0.1, 0.15) is 75.9 Å². The van der Waals surface area contributed by atoms with Gasteiger partial charge in [0.15, 0.2) is 0 Å². The summed E-state index contributed by atoms with van der Waals surface area (Å²) in [5.74, 6) is -1.03. The van der Waals surface area contributed by atoms with E-state index >= 15 is 0 Å². The fourth-order valence-electron chi connectivity index (χ4n) is 4.09. The van der Waals surface area contributed by atoms with Crippen LogP contribution in [0.3, 0.4) is 0 Å². The second kappa shape index (κ2) is 14.5. The lowest BCUT2D eigenvalue weighted by atomic mass is 9.83. The number of rotatable bonds is 12. The van der Waals surface area contributed by atoms with Gasteiger partial charge in [0, 0.05) is 17.2 Å². The van der Waals surface area contributed by atoms with E-state index in [1.807, 2.05) is 47.6 Å². The van der Waals surface area contributed by atoms with Gasteiger partial charge in [-0.2, -0.15) is 8.78 Å². The molecular weight excluding hydrogens is 474 g/mol. The minimum atomic E-state index is -3.04. The van der Waals surface area contributed by atoms with Crippen LogP contribution in [0.4, 0.5) is 8.78 Å². The topological polar surface area (TPSA) is 58.6 Å². The van der Waals surface area contributed by atoms with Crippen molar-refractivity contribution in [3.05, 3.63) is 77.9 Å². The predicted molar refractivity (Wildman–Crippen MR) is 146 cm³/mol. The van der Waals surface area contributed by atoms with Crippen LogP contribution in [-0.4, -0.2) is 29.5 Å². The number of carbonyl (C=O) groups is 2. The zero-order valence-corrected chi connectivity index (χ0v) is 23.2. The van der Waals surface area contributed by atoms with Crippen molar-refractivity contribution in [3.8, 4) is 5.75 Å². The van der Waals surface area contributed by atoms with Gasteiger partial charge in [0.05, 0.1) is 6.04 Å². The first kappa shape index (κ1) is 31.8. The average Bonchev–Trinajstić information content (AvgIpc) is 2.81. The van der Waals surface area contributed by atoms with Gasteiger partial charge in [0.2, 0.25) is 0 Å². The first-order chi connectivity index (χ1) is 17.3. The van der Waals surface area contributed by atoms with Crippen LogP contribution in [0.25, 0.3) is 0 Å². The van der Waals surface area contributed by atoms with Crippen molar-refractivity contribution in [2.45, 2.75) is 80.4 Å². The molecule has 0 saturated heterocycles. The molecule has 1 N–H and O–H groups in total. The molecule has 2 amide bonds. The van der Waals surface area contributed by atoms with Gasteiger partial charge in [-0.05, 0) is 49.7 Å². The predicted octanol–water partition coefficient (Wildman–Crippen LogP) is 7.34. The maximum Gasteiger partial charge on any atom is 0.387 e. The van der Waals surface area contributed by atoms with E-state index in [0.717, 1.165) is 12.0 Å². The highest BCUT2D eigenvalue weighted by Crippen LogP contribution is 2.31. The number of ether oxygens (including phenoxy) is 1. The van der Waals surface area contributed by atoms with Crippen LogP contribution in [0.2, 0.25) is 0 Å². The number of nitrogens with one attached hydrogen (secondary N) is 1. The maximum absolute atomic E-state index is 13.4. The van der Waals surface area contributed by atoms with Gasteiger partial charge in [-0.25, -0.2) is 5.01 Å². The highest BCUT2D eigenvalue weighted by molar-refractivity contribution is 5.98. The van der Waals surface area contributed by atoms with Gasteiger partial charge in [-0.3, -0.25) is 15.0 Å². The number of carbonyl (C=O) groups excluding carboxylic acids is 2. The Hall–Kier alpha value is -3.22. The van der Waals surface area contributed by atoms with Crippen LogP contribution in [-0.2, 0) is 11.2 Å². The molecule has 0 spiro atoms. The SMILES string of the molecule is C=CCc1ccc(C(=O)NN(C(=O)/C=C/C(C)/C=C(/C)C=C)C(CCC)C(C)(C)C)c(C)c1OC(F)F. The van der Waals surface area contributed by atoms with Crippen molar-refractivity contribution in [1.29, 1.82) is 0 Å². The molecule has 7 heteroatoms. The third-order valence-corrected chi connectivity index (χ3v) is 6.03. The Kier molecular flexibility index (Phi) is 12.5. The molecule has 5 nitrogen and oxygen atoms in total. The highest BCUT2D eigenvalue weighted by Gasteiger charge is 2.34. The molecule has 0 aliphatic rings. The summed E-state index contributed by atoms with van der Waals surface area (Å²) in [4.78, 5) is 26.9. The van der Waals surface area contributed by atoms with Crippen LogP contribution in [0, 0.1) is 18.3 Å². The van der Waals surface area contributed by atoms with Crippen molar-refractivity contribution in [2.24, 2.45) is 11.3 Å². The number of hydrogen-bond acceptors (Lipinski definition) is 3. The molecule has 0 aliphatic heterocycles. The number of alkyl halides is 2. The Labute approximate surface area is 220 Å². The Morgan fingerprint density at radius 3 is 2.38 bits per heavy atom. The minimum absolute atomic E-state index is 0.0209. The number of hydrogen-bond donors (Lipinski definition) is 1. The summed E-state index contributed by atoms with van der Waals surface area (Å²) in [5.41, 5.74) is 4.33.